The largest absolute Gasteiger partial charge is 0.356 e. The average molecular weight is 387 g/mol. The number of nitrogens with one attached hydrogen (secondary N) is 2. The van der Waals surface area contributed by atoms with Gasteiger partial charge in [0.1, 0.15) is 13.9 Å². The molecule has 2 N–H and O–H groups in total. The summed E-state index contributed by atoms with van der Waals surface area (Å²) < 4.78 is 0. The van der Waals surface area contributed by atoms with Gasteiger partial charge < -0.3 is 15.1 Å². The molecule has 0 radical (unpaired) electrons. The molecule has 0 aliphatic carbocycles. The lowest BCUT2D eigenvalue weighted by Crippen LogP contribution is -2.48. The number of hydrogen-bond acceptors (Lipinski definition) is 7. The number of likely N-dealkylation sites (tertiary alicyclic amines) is 2. The quantitative estimate of drug-likeness (QED) is 0.504. The second-order valence-corrected chi connectivity index (χ2v) is 8.13. The lowest BCUT2D eigenvalue weighted by Gasteiger charge is -2.41. The van der Waals surface area contributed by atoms with E-state index < -0.39 is 6.04 Å². The number of piperidine rings is 3. The maximum Gasteiger partial charge on any atom is 0.249 e. The first-order chi connectivity index (χ1) is 13.6. The summed E-state index contributed by atoms with van der Waals surface area (Å²) in [7, 11) is 2.24. The summed E-state index contributed by atoms with van der Waals surface area (Å²) in [5, 5.41) is 14.4. The fourth-order valence-corrected chi connectivity index (χ4v) is 4.61. The Morgan fingerprint density at radius 1 is 1.07 bits per heavy atom. The Morgan fingerprint density at radius 2 is 1.79 bits per heavy atom. The normalized spacial score (nSPS) is 26.4. The minimum absolute atomic E-state index is 0.209. The Labute approximate surface area is 166 Å². The molecule has 3 aliphatic heterocycles. The highest BCUT2D eigenvalue weighted by Gasteiger charge is 2.30. The third kappa shape index (κ3) is 4.38. The number of carbonyl (C=O) groups excluding carboxylic acids is 2. The molecule has 152 valence electrons. The molecule has 0 spiro atoms. The van der Waals surface area contributed by atoms with E-state index in [1.165, 1.54) is 25.9 Å². The Balaban J connectivity index is 1.26. The summed E-state index contributed by atoms with van der Waals surface area (Å²) in [6.07, 6.45) is 8.35. The lowest BCUT2D eigenvalue weighted by atomic mass is 9.97. The third-order valence-electron chi connectivity index (χ3n) is 6.42. The van der Waals surface area contributed by atoms with Crippen molar-refractivity contribution < 1.29 is 9.59 Å². The standard InChI is InChI=1S/C18H30BN7O2/c19-12-24-7-3-13(4-8-24)25-9-5-14(6-10-25)26-20-11-16(23-26)21-15-1-2-17(27)22-18(15)28/h11,13-15H,1-10,12,19H2,(H,21,23)(H,22,27,28). The second-order valence-electron chi connectivity index (χ2n) is 8.13. The van der Waals surface area contributed by atoms with Gasteiger partial charge >= 0.3 is 0 Å². The molecule has 3 saturated heterocycles. The van der Waals surface area contributed by atoms with Gasteiger partial charge in [0.05, 0.1) is 12.2 Å². The zero-order valence-electron chi connectivity index (χ0n) is 16.6. The molecule has 0 saturated carbocycles. The SMILES string of the molecule is BCN1CCC(N2CCC(n3ncc(NC4CCC(=O)NC4=O)n3)CC2)CC1. The number of rotatable bonds is 5. The van der Waals surface area contributed by atoms with Crippen LogP contribution in [0.2, 0.25) is 0 Å². The molecule has 2 amide bonds. The highest BCUT2D eigenvalue weighted by atomic mass is 16.2. The van der Waals surface area contributed by atoms with E-state index in [2.05, 4.69) is 38.5 Å². The number of aromatic nitrogens is 3. The number of carbonyl (C=O) groups is 2. The molecule has 1 atom stereocenters. The van der Waals surface area contributed by atoms with Crippen molar-refractivity contribution in [2.24, 2.45) is 0 Å². The van der Waals surface area contributed by atoms with Crippen molar-refractivity contribution >= 4 is 25.5 Å². The van der Waals surface area contributed by atoms with E-state index in [4.69, 9.17) is 0 Å². The maximum absolute atomic E-state index is 11.9. The minimum atomic E-state index is -0.418. The summed E-state index contributed by atoms with van der Waals surface area (Å²) in [4.78, 5) is 30.1. The first-order valence-corrected chi connectivity index (χ1v) is 10.6. The van der Waals surface area contributed by atoms with Crippen molar-refractivity contribution in [3.63, 3.8) is 0 Å². The van der Waals surface area contributed by atoms with E-state index in [9.17, 15) is 9.59 Å². The fourth-order valence-electron chi connectivity index (χ4n) is 4.61. The van der Waals surface area contributed by atoms with Crippen molar-refractivity contribution in [3.05, 3.63) is 6.20 Å². The molecular weight excluding hydrogens is 357 g/mol. The molecule has 1 aromatic rings. The van der Waals surface area contributed by atoms with Gasteiger partial charge in [-0.15, -0.1) is 5.10 Å². The van der Waals surface area contributed by atoms with Crippen LogP contribution in [0.5, 0.6) is 0 Å². The highest BCUT2D eigenvalue weighted by Crippen LogP contribution is 2.26. The van der Waals surface area contributed by atoms with Crippen molar-refractivity contribution in [3.8, 4) is 0 Å². The first-order valence-electron chi connectivity index (χ1n) is 10.6. The number of hydrogen-bond donors (Lipinski definition) is 2. The summed E-state index contributed by atoms with van der Waals surface area (Å²) >= 11 is 0. The Morgan fingerprint density at radius 3 is 2.46 bits per heavy atom. The topological polar surface area (TPSA) is 95.4 Å². The third-order valence-corrected chi connectivity index (χ3v) is 6.42. The molecule has 4 heterocycles. The van der Waals surface area contributed by atoms with Gasteiger partial charge in [0.25, 0.3) is 0 Å². The monoisotopic (exact) mass is 387 g/mol. The molecule has 0 bridgehead atoms. The number of imide groups is 1. The smallest absolute Gasteiger partial charge is 0.249 e. The number of amides is 2. The highest BCUT2D eigenvalue weighted by molar-refractivity contribution is 6.08. The van der Waals surface area contributed by atoms with Crippen LogP contribution in [0.15, 0.2) is 6.20 Å². The first kappa shape index (κ1) is 19.4. The Bertz CT molecular complexity index is 696. The van der Waals surface area contributed by atoms with E-state index >= 15 is 0 Å². The molecule has 1 unspecified atom stereocenters. The van der Waals surface area contributed by atoms with Gasteiger partial charge in [-0.25, -0.2) is 0 Å². The van der Waals surface area contributed by atoms with Gasteiger partial charge in [0, 0.05) is 25.6 Å². The van der Waals surface area contributed by atoms with E-state index in [1.807, 2.05) is 0 Å². The molecule has 1 aromatic heterocycles. The van der Waals surface area contributed by atoms with E-state index in [-0.39, 0.29) is 11.8 Å². The van der Waals surface area contributed by atoms with Crippen LogP contribution in [0.1, 0.15) is 44.6 Å². The summed E-state index contributed by atoms with van der Waals surface area (Å²) in [6, 6.07) is 0.613. The molecule has 28 heavy (non-hydrogen) atoms. The molecule has 0 aromatic carbocycles. The molecule has 9 nitrogen and oxygen atoms in total. The summed E-state index contributed by atoms with van der Waals surface area (Å²) in [6.45, 7) is 4.63. The van der Waals surface area contributed by atoms with Gasteiger partial charge in [-0.1, -0.05) is 0 Å². The van der Waals surface area contributed by atoms with Gasteiger partial charge in [0.2, 0.25) is 11.8 Å². The van der Waals surface area contributed by atoms with Crippen LogP contribution in [0.4, 0.5) is 5.82 Å². The number of nitrogens with zero attached hydrogens (tertiary/aromatic N) is 5. The van der Waals surface area contributed by atoms with Gasteiger partial charge in [-0.05, 0) is 51.6 Å². The Kier molecular flexibility index (Phi) is 5.96. The van der Waals surface area contributed by atoms with Crippen LogP contribution in [0, 0.1) is 0 Å². The molecule has 3 fully saturated rings. The van der Waals surface area contributed by atoms with Crippen LogP contribution < -0.4 is 10.6 Å². The molecule has 4 rings (SSSR count). The van der Waals surface area contributed by atoms with E-state index in [0.717, 1.165) is 38.4 Å². The van der Waals surface area contributed by atoms with Crippen LogP contribution in [0.3, 0.4) is 0 Å². The predicted molar refractivity (Wildman–Crippen MR) is 108 cm³/mol. The summed E-state index contributed by atoms with van der Waals surface area (Å²) in [5.41, 5.74) is 0. The zero-order valence-corrected chi connectivity index (χ0v) is 16.6. The van der Waals surface area contributed by atoms with Crippen LogP contribution in [-0.2, 0) is 9.59 Å². The minimum Gasteiger partial charge on any atom is -0.356 e. The maximum atomic E-state index is 11.9. The van der Waals surface area contributed by atoms with Crippen molar-refractivity contribution in [2.75, 3.05) is 37.9 Å². The molecule has 10 heteroatoms. The van der Waals surface area contributed by atoms with Crippen LogP contribution in [0.25, 0.3) is 0 Å². The fraction of sp³-hybridized carbons (Fsp3) is 0.778. The number of anilines is 1. The zero-order chi connectivity index (χ0) is 19.5. The molecule has 3 aliphatic rings. The average Bonchev–Trinajstić information content (AvgIpc) is 3.19. The van der Waals surface area contributed by atoms with E-state index in [1.54, 1.807) is 11.0 Å². The van der Waals surface area contributed by atoms with Gasteiger partial charge in [-0.3, -0.25) is 14.9 Å². The van der Waals surface area contributed by atoms with Gasteiger partial charge in [-0.2, -0.15) is 9.90 Å². The Hall–Kier alpha value is -1.94. The van der Waals surface area contributed by atoms with Crippen molar-refractivity contribution in [1.82, 2.24) is 30.1 Å². The van der Waals surface area contributed by atoms with Crippen LogP contribution in [-0.4, -0.2) is 89.2 Å². The lowest BCUT2D eigenvalue weighted by molar-refractivity contribution is -0.133. The molecular formula is C18H30BN7O2. The van der Waals surface area contributed by atoms with Crippen molar-refractivity contribution in [2.45, 2.75) is 56.7 Å². The van der Waals surface area contributed by atoms with Crippen molar-refractivity contribution in [1.29, 1.82) is 0 Å². The van der Waals surface area contributed by atoms with E-state index in [0.29, 0.717) is 24.7 Å². The second kappa shape index (κ2) is 8.61. The summed E-state index contributed by atoms with van der Waals surface area (Å²) in [5.74, 6) is 0.107. The van der Waals surface area contributed by atoms with Crippen LogP contribution >= 0.6 is 0 Å². The predicted octanol–water partition coefficient (Wildman–Crippen LogP) is -0.813. The van der Waals surface area contributed by atoms with Gasteiger partial charge in [0.15, 0.2) is 5.82 Å².